The zero-order chi connectivity index (χ0) is 10.7. The minimum absolute atomic E-state index is 0.168. The first kappa shape index (κ1) is 10.3. The molecule has 1 heterocycles. The van der Waals surface area contributed by atoms with Crippen LogP contribution in [0.15, 0.2) is 30.3 Å². The molecule has 15 heavy (non-hydrogen) atoms. The van der Waals surface area contributed by atoms with Crippen LogP contribution in [0.25, 0.3) is 11.3 Å². The third kappa shape index (κ3) is 2.25. The third-order valence-corrected chi connectivity index (χ3v) is 3.24. The van der Waals surface area contributed by atoms with E-state index in [4.69, 9.17) is 5.11 Å². The first-order valence-corrected chi connectivity index (χ1v) is 5.75. The van der Waals surface area contributed by atoms with E-state index in [9.17, 15) is 0 Å². The molecule has 0 radical (unpaired) electrons. The summed E-state index contributed by atoms with van der Waals surface area (Å²) in [6.45, 7) is 2.24. The number of nitrogens with zero attached hydrogens (tertiary/aromatic N) is 1. The summed E-state index contributed by atoms with van der Waals surface area (Å²) < 4.78 is 0. The lowest BCUT2D eigenvalue weighted by Gasteiger charge is -1.96. The third-order valence-electron chi connectivity index (χ3n) is 2.21. The van der Waals surface area contributed by atoms with Gasteiger partial charge in [0.15, 0.2) is 0 Å². The van der Waals surface area contributed by atoms with Crippen LogP contribution in [0.3, 0.4) is 0 Å². The molecule has 2 nitrogen and oxygen atoms in total. The van der Waals surface area contributed by atoms with Crippen LogP contribution in [-0.4, -0.2) is 16.7 Å². The van der Waals surface area contributed by atoms with Crippen molar-refractivity contribution in [1.82, 2.24) is 4.98 Å². The molecule has 0 saturated carbocycles. The van der Waals surface area contributed by atoms with Gasteiger partial charge in [-0.3, -0.25) is 0 Å². The molecule has 0 aliphatic heterocycles. The molecule has 0 aliphatic rings. The first-order valence-electron chi connectivity index (χ1n) is 4.94. The van der Waals surface area contributed by atoms with Gasteiger partial charge in [0.2, 0.25) is 0 Å². The number of thiazole rings is 1. The average molecular weight is 219 g/mol. The zero-order valence-corrected chi connectivity index (χ0v) is 9.42. The molecule has 0 atom stereocenters. The van der Waals surface area contributed by atoms with Gasteiger partial charge < -0.3 is 5.11 Å². The fourth-order valence-corrected chi connectivity index (χ4v) is 2.46. The summed E-state index contributed by atoms with van der Waals surface area (Å²) >= 11 is 1.66. The van der Waals surface area contributed by atoms with Crippen LogP contribution in [0, 0.1) is 6.92 Å². The Kier molecular flexibility index (Phi) is 3.14. The summed E-state index contributed by atoms with van der Waals surface area (Å²) in [5.74, 6) is 0. The lowest BCUT2D eigenvalue weighted by molar-refractivity contribution is 0.299. The van der Waals surface area contributed by atoms with Crippen molar-refractivity contribution < 1.29 is 5.11 Å². The smallest absolute Gasteiger partial charge is 0.0958 e. The molecule has 0 bridgehead atoms. The predicted octanol–water partition coefficient (Wildman–Crippen LogP) is 2.65. The van der Waals surface area contributed by atoms with Crippen LogP contribution in [0.5, 0.6) is 0 Å². The van der Waals surface area contributed by atoms with Gasteiger partial charge in [-0.25, -0.2) is 4.98 Å². The highest BCUT2D eigenvalue weighted by atomic mass is 32.1. The van der Waals surface area contributed by atoms with Gasteiger partial charge in [-0.15, -0.1) is 11.3 Å². The lowest BCUT2D eigenvalue weighted by atomic mass is 10.1. The SMILES string of the molecule is Cc1sc(CCO)nc1-c1ccccc1. The minimum atomic E-state index is 0.168. The second-order valence-electron chi connectivity index (χ2n) is 3.35. The summed E-state index contributed by atoms with van der Waals surface area (Å²) in [6.07, 6.45) is 0.651. The van der Waals surface area contributed by atoms with Crippen molar-refractivity contribution in [3.8, 4) is 11.3 Å². The van der Waals surface area contributed by atoms with Crippen LogP contribution in [0.1, 0.15) is 9.88 Å². The highest BCUT2D eigenvalue weighted by Crippen LogP contribution is 2.27. The van der Waals surface area contributed by atoms with Gasteiger partial charge in [0.05, 0.1) is 10.7 Å². The summed E-state index contributed by atoms with van der Waals surface area (Å²) in [7, 11) is 0. The van der Waals surface area contributed by atoms with Crippen molar-refractivity contribution >= 4 is 11.3 Å². The van der Waals surface area contributed by atoms with Crippen molar-refractivity contribution in [2.75, 3.05) is 6.61 Å². The molecule has 1 aromatic heterocycles. The summed E-state index contributed by atoms with van der Waals surface area (Å²) in [5.41, 5.74) is 2.19. The summed E-state index contributed by atoms with van der Waals surface area (Å²) in [6, 6.07) is 10.1. The van der Waals surface area contributed by atoms with Crippen molar-refractivity contribution in [3.63, 3.8) is 0 Å². The van der Waals surface area contributed by atoms with Crippen LogP contribution in [0.2, 0.25) is 0 Å². The van der Waals surface area contributed by atoms with Gasteiger partial charge in [0, 0.05) is 23.5 Å². The maximum atomic E-state index is 8.86. The highest BCUT2D eigenvalue weighted by Gasteiger charge is 2.08. The number of hydrogen-bond acceptors (Lipinski definition) is 3. The zero-order valence-electron chi connectivity index (χ0n) is 8.60. The number of aliphatic hydroxyl groups excluding tert-OH is 1. The van der Waals surface area contributed by atoms with Crippen LogP contribution < -0.4 is 0 Å². The van der Waals surface area contributed by atoms with Gasteiger partial charge in [0.25, 0.3) is 0 Å². The molecular formula is C12H13NOS. The molecule has 0 unspecified atom stereocenters. The number of rotatable bonds is 3. The van der Waals surface area contributed by atoms with Crippen molar-refractivity contribution in [2.45, 2.75) is 13.3 Å². The van der Waals surface area contributed by atoms with E-state index in [1.54, 1.807) is 11.3 Å². The molecule has 0 spiro atoms. The van der Waals surface area contributed by atoms with Crippen LogP contribution >= 0.6 is 11.3 Å². The molecule has 78 valence electrons. The Morgan fingerprint density at radius 3 is 2.67 bits per heavy atom. The molecule has 1 N–H and O–H groups in total. The van der Waals surface area contributed by atoms with E-state index >= 15 is 0 Å². The van der Waals surface area contributed by atoms with Gasteiger partial charge >= 0.3 is 0 Å². The van der Waals surface area contributed by atoms with E-state index in [1.807, 2.05) is 18.2 Å². The highest BCUT2D eigenvalue weighted by molar-refractivity contribution is 7.12. The topological polar surface area (TPSA) is 33.1 Å². The van der Waals surface area contributed by atoms with E-state index in [0.717, 1.165) is 16.3 Å². The average Bonchev–Trinajstić information content (AvgIpc) is 2.61. The molecule has 0 fully saturated rings. The Balaban J connectivity index is 2.36. The van der Waals surface area contributed by atoms with Gasteiger partial charge in [-0.2, -0.15) is 0 Å². The monoisotopic (exact) mass is 219 g/mol. The van der Waals surface area contributed by atoms with Crippen LogP contribution in [0.4, 0.5) is 0 Å². The second-order valence-corrected chi connectivity index (χ2v) is 4.64. The van der Waals surface area contributed by atoms with Gasteiger partial charge in [0.1, 0.15) is 0 Å². The summed E-state index contributed by atoms with van der Waals surface area (Å²) in [4.78, 5) is 5.74. The van der Waals surface area contributed by atoms with Crippen molar-refractivity contribution in [1.29, 1.82) is 0 Å². The van der Waals surface area contributed by atoms with Crippen molar-refractivity contribution in [3.05, 3.63) is 40.2 Å². The standard InChI is InChI=1S/C12H13NOS/c1-9-12(10-5-3-2-4-6-10)13-11(15-9)7-8-14/h2-6,14H,7-8H2,1H3. The molecule has 3 heteroatoms. The number of aliphatic hydroxyl groups is 1. The van der Waals surface area contributed by atoms with E-state index in [2.05, 4.69) is 24.0 Å². The minimum Gasteiger partial charge on any atom is -0.396 e. The molecule has 0 saturated heterocycles. The van der Waals surface area contributed by atoms with Gasteiger partial charge in [-0.05, 0) is 6.92 Å². The Hall–Kier alpha value is -1.19. The first-order chi connectivity index (χ1) is 7.31. The number of aryl methyl sites for hydroxylation is 1. The fourth-order valence-electron chi connectivity index (χ4n) is 1.52. The lowest BCUT2D eigenvalue weighted by Crippen LogP contribution is -1.89. The number of benzene rings is 1. The Morgan fingerprint density at radius 2 is 2.00 bits per heavy atom. The number of aromatic nitrogens is 1. The van der Waals surface area contributed by atoms with Crippen LogP contribution in [-0.2, 0) is 6.42 Å². The van der Waals surface area contributed by atoms with Crippen molar-refractivity contribution in [2.24, 2.45) is 0 Å². The molecule has 0 aliphatic carbocycles. The predicted molar refractivity (Wildman–Crippen MR) is 63.1 cm³/mol. The molecule has 2 aromatic rings. The largest absolute Gasteiger partial charge is 0.396 e. The van der Waals surface area contributed by atoms with E-state index < -0.39 is 0 Å². The second kappa shape index (κ2) is 4.55. The molecular weight excluding hydrogens is 206 g/mol. The number of hydrogen-bond donors (Lipinski definition) is 1. The Labute approximate surface area is 93.2 Å². The quantitative estimate of drug-likeness (QED) is 0.861. The molecule has 1 aromatic carbocycles. The Bertz CT molecular complexity index is 436. The fraction of sp³-hybridized carbons (Fsp3) is 0.250. The van der Waals surface area contributed by atoms with E-state index in [0.29, 0.717) is 6.42 Å². The normalized spacial score (nSPS) is 10.5. The molecule has 2 rings (SSSR count). The van der Waals surface area contributed by atoms with E-state index in [1.165, 1.54) is 4.88 Å². The molecule has 0 amide bonds. The van der Waals surface area contributed by atoms with Gasteiger partial charge in [-0.1, -0.05) is 30.3 Å². The summed E-state index contributed by atoms with van der Waals surface area (Å²) in [5, 5.41) is 9.87. The maximum Gasteiger partial charge on any atom is 0.0958 e. The maximum absolute atomic E-state index is 8.86. The van der Waals surface area contributed by atoms with E-state index in [-0.39, 0.29) is 6.61 Å². The Morgan fingerprint density at radius 1 is 1.27 bits per heavy atom.